The third-order valence-corrected chi connectivity index (χ3v) is 3.38. The van der Waals surface area contributed by atoms with Crippen molar-refractivity contribution in [3.05, 3.63) is 0 Å². The Morgan fingerprint density at radius 1 is 1.50 bits per heavy atom. The second kappa shape index (κ2) is 5.15. The molecule has 1 N–H and O–H groups in total. The van der Waals surface area contributed by atoms with Crippen LogP contribution in [0.4, 0.5) is 0 Å². The van der Waals surface area contributed by atoms with Gasteiger partial charge in [-0.3, -0.25) is 4.79 Å². The molecule has 2 saturated heterocycles. The minimum absolute atomic E-state index is 0.216. The first kappa shape index (κ1) is 11.9. The molecule has 0 saturated carbocycles. The quantitative estimate of drug-likeness (QED) is 0.761. The molecule has 2 fully saturated rings. The third kappa shape index (κ3) is 2.55. The molecule has 92 valence electrons. The average molecular weight is 226 g/mol. The van der Waals surface area contributed by atoms with E-state index in [1.165, 1.54) is 0 Å². The van der Waals surface area contributed by atoms with Crippen LogP contribution in [-0.2, 0) is 9.53 Å². The summed E-state index contributed by atoms with van der Waals surface area (Å²) in [7, 11) is 0. The number of hydrogen-bond acceptors (Lipinski definition) is 3. The molecular formula is C12H22N2O2. The van der Waals surface area contributed by atoms with Gasteiger partial charge in [-0.25, -0.2) is 0 Å². The summed E-state index contributed by atoms with van der Waals surface area (Å²) < 4.78 is 5.49. The molecule has 4 nitrogen and oxygen atoms in total. The van der Waals surface area contributed by atoms with Crippen molar-refractivity contribution in [2.24, 2.45) is 11.8 Å². The van der Waals surface area contributed by atoms with Gasteiger partial charge in [0.05, 0.1) is 25.2 Å². The van der Waals surface area contributed by atoms with Crippen LogP contribution >= 0.6 is 0 Å². The number of ether oxygens (including phenoxy) is 1. The summed E-state index contributed by atoms with van der Waals surface area (Å²) in [5.74, 6) is 1.15. The summed E-state index contributed by atoms with van der Waals surface area (Å²) in [6.45, 7) is 8.27. The Kier molecular flexibility index (Phi) is 3.82. The van der Waals surface area contributed by atoms with E-state index < -0.39 is 0 Å². The van der Waals surface area contributed by atoms with Crippen molar-refractivity contribution >= 4 is 5.91 Å². The van der Waals surface area contributed by atoms with Gasteiger partial charge in [0.15, 0.2) is 0 Å². The third-order valence-electron chi connectivity index (χ3n) is 3.38. The summed E-state index contributed by atoms with van der Waals surface area (Å²) in [4.78, 5) is 14.3. The van der Waals surface area contributed by atoms with Crippen molar-refractivity contribution in [3.63, 3.8) is 0 Å². The van der Waals surface area contributed by atoms with Crippen molar-refractivity contribution in [2.45, 2.75) is 26.3 Å². The minimum Gasteiger partial charge on any atom is -0.377 e. The first-order valence-electron chi connectivity index (χ1n) is 6.27. The lowest BCUT2D eigenvalue weighted by Gasteiger charge is -2.40. The fourth-order valence-corrected chi connectivity index (χ4v) is 2.38. The lowest BCUT2D eigenvalue weighted by atomic mass is 9.97. The van der Waals surface area contributed by atoms with Crippen molar-refractivity contribution in [1.29, 1.82) is 0 Å². The van der Waals surface area contributed by atoms with Gasteiger partial charge in [0.25, 0.3) is 0 Å². The highest BCUT2D eigenvalue weighted by Crippen LogP contribution is 2.19. The molecule has 0 bridgehead atoms. The lowest BCUT2D eigenvalue weighted by Crippen LogP contribution is -2.57. The number of nitrogens with one attached hydrogen (secondary N) is 1. The van der Waals surface area contributed by atoms with Gasteiger partial charge in [-0.15, -0.1) is 0 Å². The molecule has 0 aromatic heterocycles. The molecule has 2 aliphatic rings. The van der Waals surface area contributed by atoms with E-state index in [-0.39, 0.29) is 5.92 Å². The van der Waals surface area contributed by atoms with E-state index in [4.69, 9.17) is 4.74 Å². The van der Waals surface area contributed by atoms with Crippen LogP contribution in [0.2, 0.25) is 0 Å². The second-order valence-electron chi connectivity index (χ2n) is 5.25. The maximum absolute atomic E-state index is 12.2. The highest BCUT2D eigenvalue weighted by atomic mass is 16.5. The van der Waals surface area contributed by atoms with Gasteiger partial charge in [-0.1, -0.05) is 13.8 Å². The number of amides is 1. The second-order valence-corrected chi connectivity index (χ2v) is 5.25. The molecule has 0 aliphatic carbocycles. The van der Waals surface area contributed by atoms with E-state index in [1.54, 1.807) is 0 Å². The van der Waals surface area contributed by atoms with Crippen LogP contribution < -0.4 is 5.32 Å². The maximum Gasteiger partial charge on any atom is 0.228 e. The van der Waals surface area contributed by atoms with Gasteiger partial charge in [0, 0.05) is 19.6 Å². The van der Waals surface area contributed by atoms with Gasteiger partial charge in [0.1, 0.15) is 0 Å². The van der Waals surface area contributed by atoms with Crippen LogP contribution in [0, 0.1) is 11.8 Å². The zero-order valence-electron chi connectivity index (χ0n) is 10.2. The van der Waals surface area contributed by atoms with Gasteiger partial charge in [0.2, 0.25) is 5.91 Å². The Labute approximate surface area is 97.3 Å². The fourth-order valence-electron chi connectivity index (χ4n) is 2.38. The smallest absolute Gasteiger partial charge is 0.228 e. The first-order valence-corrected chi connectivity index (χ1v) is 6.27. The summed E-state index contributed by atoms with van der Waals surface area (Å²) in [6.07, 6.45) is 1.05. The standard InChI is InChI=1S/C12H22N2O2/c1-9(2)5-11-8-16-4-3-14(11)12(15)10-6-13-7-10/h9-11,13H,3-8H2,1-2H3. The summed E-state index contributed by atoms with van der Waals surface area (Å²) >= 11 is 0. The summed E-state index contributed by atoms with van der Waals surface area (Å²) in [5, 5.41) is 3.16. The number of nitrogens with zero attached hydrogens (tertiary/aromatic N) is 1. The van der Waals surface area contributed by atoms with Gasteiger partial charge >= 0.3 is 0 Å². The Morgan fingerprint density at radius 2 is 2.25 bits per heavy atom. The topological polar surface area (TPSA) is 41.6 Å². The predicted molar refractivity (Wildman–Crippen MR) is 62.1 cm³/mol. The Hall–Kier alpha value is -0.610. The Balaban J connectivity index is 1.94. The maximum atomic E-state index is 12.2. The molecule has 0 aromatic rings. The van der Waals surface area contributed by atoms with Gasteiger partial charge in [-0.2, -0.15) is 0 Å². The average Bonchev–Trinajstić information content (AvgIpc) is 2.14. The van der Waals surface area contributed by atoms with Crippen molar-refractivity contribution < 1.29 is 9.53 Å². The SMILES string of the molecule is CC(C)CC1COCCN1C(=O)C1CNC1. The van der Waals surface area contributed by atoms with E-state index in [2.05, 4.69) is 24.1 Å². The Morgan fingerprint density at radius 3 is 2.81 bits per heavy atom. The molecule has 1 amide bonds. The highest BCUT2D eigenvalue weighted by Gasteiger charge is 2.34. The number of morpholine rings is 1. The zero-order chi connectivity index (χ0) is 11.5. The monoisotopic (exact) mass is 226 g/mol. The van der Waals surface area contributed by atoms with Gasteiger partial charge < -0.3 is 15.0 Å². The molecular weight excluding hydrogens is 204 g/mol. The number of carbonyl (C=O) groups excluding carboxylic acids is 1. The number of rotatable bonds is 3. The predicted octanol–water partition coefficient (Wildman–Crippen LogP) is 0.479. The molecule has 2 aliphatic heterocycles. The molecule has 1 atom stereocenters. The first-order chi connectivity index (χ1) is 7.68. The fraction of sp³-hybridized carbons (Fsp3) is 0.917. The van der Waals surface area contributed by atoms with E-state index in [0.717, 1.165) is 26.1 Å². The van der Waals surface area contributed by atoms with E-state index >= 15 is 0 Å². The lowest BCUT2D eigenvalue weighted by molar-refractivity contribution is -0.146. The molecule has 1 unspecified atom stereocenters. The van der Waals surface area contributed by atoms with Crippen molar-refractivity contribution in [3.8, 4) is 0 Å². The number of carbonyl (C=O) groups is 1. The minimum atomic E-state index is 0.216. The molecule has 4 heteroatoms. The molecule has 16 heavy (non-hydrogen) atoms. The van der Waals surface area contributed by atoms with E-state index in [9.17, 15) is 4.79 Å². The molecule has 0 radical (unpaired) electrons. The zero-order valence-corrected chi connectivity index (χ0v) is 10.2. The Bertz CT molecular complexity index is 251. The summed E-state index contributed by atoms with van der Waals surface area (Å²) in [6, 6.07) is 0.293. The summed E-state index contributed by atoms with van der Waals surface area (Å²) in [5.41, 5.74) is 0. The van der Waals surface area contributed by atoms with Crippen LogP contribution in [0.5, 0.6) is 0 Å². The van der Waals surface area contributed by atoms with Crippen LogP contribution in [0.25, 0.3) is 0 Å². The molecule has 0 spiro atoms. The van der Waals surface area contributed by atoms with E-state index in [0.29, 0.717) is 31.1 Å². The normalized spacial score (nSPS) is 26.9. The molecule has 2 heterocycles. The molecule has 2 rings (SSSR count). The van der Waals surface area contributed by atoms with Gasteiger partial charge in [-0.05, 0) is 12.3 Å². The van der Waals surface area contributed by atoms with Crippen molar-refractivity contribution in [2.75, 3.05) is 32.8 Å². The van der Waals surface area contributed by atoms with E-state index in [1.807, 2.05) is 0 Å². The van der Waals surface area contributed by atoms with Crippen molar-refractivity contribution in [1.82, 2.24) is 10.2 Å². The molecule has 0 aromatic carbocycles. The van der Waals surface area contributed by atoms with Crippen LogP contribution in [0.1, 0.15) is 20.3 Å². The number of hydrogen-bond donors (Lipinski definition) is 1. The van der Waals surface area contributed by atoms with Crippen LogP contribution in [0.15, 0.2) is 0 Å². The largest absolute Gasteiger partial charge is 0.377 e. The van der Waals surface area contributed by atoms with Crippen LogP contribution in [0.3, 0.4) is 0 Å². The highest BCUT2D eigenvalue weighted by molar-refractivity contribution is 5.80. The van der Waals surface area contributed by atoms with Crippen LogP contribution in [-0.4, -0.2) is 49.7 Å².